The number of halogens is 3. The average molecular weight is 463 g/mol. The van der Waals surface area contributed by atoms with Crippen LogP contribution < -0.4 is 5.32 Å². The smallest absolute Gasteiger partial charge is 0.475 e. The molecule has 0 radical (unpaired) electrons. The van der Waals surface area contributed by atoms with Gasteiger partial charge in [-0.25, -0.2) is 4.79 Å². The quantitative estimate of drug-likeness (QED) is 0.702. The molecule has 4 rings (SSSR count). The summed E-state index contributed by atoms with van der Waals surface area (Å²) in [5.74, 6) is -1.99. The van der Waals surface area contributed by atoms with Crippen LogP contribution in [0.1, 0.15) is 37.0 Å². The van der Waals surface area contributed by atoms with E-state index in [1.54, 1.807) is 11.3 Å². The Kier molecular flexibility index (Phi) is 8.35. The highest BCUT2D eigenvalue weighted by Crippen LogP contribution is 2.35. The third-order valence-corrected chi connectivity index (χ3v) is 7.19. The molecule has 2 aliphatic heterocycles. The van der Waals surface area contributed by atoms with Crippen molar-refractivity contribution in [3.05, 3.63) is 22.4 Å². The highest BCUT2D eigenvalue weighted by atomic mass is 32.1. The number of carboxylic acid groups (broad SMARTS) is 1. The number of rotatable bonds is 5. The zero-order valence-electron chi connectivity index (χ0n) is 17.3. The Morgan fingerprint density at radius 2 is 2.03 bits per heavy atom. The lowest BCUT2D eigenvalue weighted by molar-refractivity contribution is -0.192. The molecular formula is C21H29F3N2O4S. The molecule has 3 heterocycles. The third-order valence-electron chi connectivity index (χ3n) is 6.25. The summed E-state index contributed by atoms with van der Waals surface area (Å²) in [6.45, 7) is 3.66. The van der Waals surface area contributed by atoms with Gasteiger partial charge in [-0.15, -0.1) is 11.3 Å². The van der Waals surface area contributed by atoms with Crippen LogP contribution in [-0.2, 0) is 20.7 Å². The van der Waals surface area contributed by atoms with Gasteiger partial charge in [0.05, 0.1) is 18.6 Å². The molecule has 3 atom stereocenters. The number of hydrogen-bond acceptors (Lipinski definition) is 5. The molecule has 2 saturated heterocycles. The fourth-order valence-electron chi connectivity index (χ4n) is 4.33. The number of hydrogen-bond donors (Lipinski definition) is 2. The van der Waals surface area contributed by atoms with Gasteiger partial charge in [-0.2, -0.15) is 13.2 Å². The number of alkyl halides is 3. The van der Waals surface area contributed by atoms with Crippen LogP contribution in [-0.4, -0.2) is 66.4 Å². The van der Waals surface area contributed by atoms with Crippen LogP contribution in [0.2, 0.25) is 0 Å². The lowest BCUT2D eigenvalue weighted by atomic mass is 9.81. The number of piperidine rings is 1. The van der Waals surface area contributed by atoms with Gasteiger partial charge >= 0.3 is 12.1 Å². The summed E-state index contributed by atoms with van der Waals surface area (Å²) in [6, 6.07) is 5.00. The number of amides is 1. The lowest BCUT2D eigenvalue weighted by Crippen LogP contribution is -2.54. The van der Waals surface area contributed by atoms with Crippen LogP contribution in [0, 0.1) is 11.8 Å². The van der Waals surface area contributed by atoms with Gasteiger partial charge in [0.15, 0.2) is 0 Å². The predicted octanol–water partition coefficient (Wildman–Crippen LogP) is 3.32. The van der Waals surface area contributed by atoms with Crippen LogP contribution in [0.3, 0.4) is 0 Å². The monoisotopic (exact) mass is 462 g/mol. The lowest BCUT2D eigenvalue weighted by Gasteiger charge is -2.47. The highest BCUT2D eigenvalue weighted by Gasteiger charge is 2.40. The molecule has 1 aromatic rings. The largest absolute Gasteiger partial charge is 0.490 e. The molecule has 0 spiro atoms. The molecule has 10 heteroatoms. The van der Waals surface area contributed by atoms with Crippen LogP contribution >= 0.6 is 11.3 Å². The van der Waals surface area contributed by atoms with Crippen molar-refractivity contribution in [1.82, 2.24) is 10.2 Å². The van der Waals surface area contributed by atoms with E-state index in [9.17, 15) is 18.0 Å². The van der Waals surface area contributed by atoms with E-state index in [1.807, 2.05) is 0 Å². The van der Waals surface area contributed by atoms with E-state index in [2.05, 4.69) is 27.7 Å². The summed E-state index contributed by atoms with van der Waals surface area (Å²) >= 11 is 1.75. The average Bonchev–Trinajstić information content (AvgIpc) is 3.19. The number of likely N-dealkylation sites (tertiary alicyclic amines) is 1. The van der Waals surface area contributed by atoms with Crippen molar-refractivity contribution in [2.24, 2.45) is 11.8 Å². The maximum absolute atomic E-state index is 12.5. The number of fused-ring (bicyclic) bond motifs is 1. The maximum atomic E-state index is 12.5. The second kappa shape index (κ2) is 10.8. The van der Waals surface area contributed by atoms with Crippen LogP contribution in [0.5, 0.6) is 0 Å². The van der Waals surface area contributed by atoms with E-state index < -0.39 is 12.1 Å². The molecule has 3 fully saturated rings. The summed E-state index contributed by atoms with van der Waals surface area (Å²) in [7, 11) is 0. The molecule has 1 aromatic heterocycles. The van der Waals surface area contributed by atoms with Gasteiger partial charge in [0.1, 0.15) is 0 Å². The summed E-state index contributed by atoms with van der Waals surface area (Å²) < 4.78 is 37.8. The van der Waals surface area contributed by atoms with Gasteiger partial charge < -0.3 is 15.2 Å². The molecular weight excluding hydrogens is 433 g/mol. The molecule has 0 aromatic carbocycles. The van der Waals surface area contributed by atoms with Gasteiger partial charge in [-0.3, -0.25) is 9.69 Å². The van der Waals surface area contributed by atoms with Crippen molar-refractivity contribution in [1.29, 1.82) is 0 Å². The van der Waals surface area contributed by atoms with Crippen molar-refractivity contribution in [2.45, 2.75) is 56.8 Å². The Morgan fingerprint density at radius 3 is 2.61 bits per heavy atom. The molecule has 174 valence electrons. The summed E-state index contributed by atoms with van der Waals surface area (Å²) in [5.41, 5.74) is 0. The first-order valence-electron chi connectivity index (χ1n) is 10.7. The molecule has 0 unspecified atom stereocenters. The number of nitrogens with zero attached hydrogens (tertiary/aromatic N) is 1. The normalized spacial score (nSPS) is 26.7. The first-order chi connectivity index (χ1) is 14.7. The zero-order chi connectivity index (χ0) is 22.4. The molecule has 0 bridgehead atoms. The fraction of sp³-hybridized carbons (Fsp3) is 0.714. The topological polar surface area (TPSA) is 78.9 Å². The van der Waals surface area contributed by atoms with Crippen LogP contribution in [0.4, 0.5) is 13.2 Å². The minimum Gasteiger partial charge on any atom is -0.475 e. The third kappa shape index (κ3) is 6.92. The number of thiophene rings is 1. The molecule has 1 saturated carbocycles. The second-order valence-electron chi connectivity index (χ2n) is 8.36. The predicted molar refractivity (Wildman–Crippen MR) is 110 cm³/mol. The van der Waals surface area contributed by atoms with Crippen molar-refractivity contribution >= 4 is 23.2 Å². The van der Waals surface area contributed by atoms with Crippen molar-refractivity contribution < 1.29 is 32.6 Å². The molecule has 31 heavy (non-hydrogen) atoms. The zero-order valence-corrected chi connectivity index (χ0v) is 18.1. The van der Waals surface area contributed by atoms with Crippen molar-refractivity contribution in [2.75, 3.05) is 26.2 Å². The number of carboxylic acids is 1. The van der Waals surface area contributed by atoms with Crippen LogP contribution in [0.25, 0.3) is 0 Å². The Bertz CT molecular complexity index is 725. The minimum absolute atomic E-state index is 0.0379. The molecule has 1 amide bonds. The number of aliphatic carboxylic acids is 1. The molecule has 2 N–H and O–H groups in total. The second-order valence-corrected chi connectivity index (χ2v) is 9.39. The molecule has 3 aliphatic rings. The maximum Gasteiger partial charge on any atom is 0.490 e. The Labute approximate surface area is 183 Å². The van der Waals surface area contributed by atoms with Gasteiger partial charge in [-0.05, 0) is 49.5 Å². The van der Waals surface area contributed by atoms with Crippen molar-refractivity contribution in [3.63, 3.8) is 0 Å². The Morgan fingerprint density at radius 1 is 1.29 bits per heavy atom. The van der Waals surface area contributed by atoms with Gasteiger partial charge in [-0.1, -0.05) is 12.5 Å². The van der Waals surface area contributed by atoms with E-state index >= 15 is 0 Å². The minimum atomic E-state index is -5.08. The number of carbonyl (C=O) groups is 2. The molecule has 6 nitrogen and oxygen atoms in total. The van der Waals surface area contributed by atoms with E-state index in [0.717, 1.165) is 38.4 Å². The highest BCUT2D eigenvalue weighted by molar-refractivity contribution is 7.09. The number of nitrogens with one attached hydrogen (secondary N) is 1. The first-order valence-corrected chi connectivity index (χ1v) is 11.6. The first kappa shape index (κ1) is 24.0. The van der Waals surface area contributed by atoms with Gasteiger partial charge in [0, 0.05) is 30.6 Å². The van der Waals surface area contributed by atoms with Crippen molar-refractivity contribution in [3.8, 4) is 0 Å². The van der Waals surface area contributed by atoms with E-state index in [1.165, 1.54) is 30.7 Å². The molecule has 1 aliphatic carbocycles. The summed E-state index contributed by atoms with van der Waals surface area (Å²) in [6.07, 6.45) is 2.50. The van der Waals surface area contributed by atoms with Gasteiger partial charge in [0.2, 0.25) is 5.91 Å². The summed E-state index contributed by atoms with van der Waals surface area (Å²) in [5, 5.41) is 12.3. The van der Waals surface area contributed by atoms with E-state index in [0.29, 0.717) is 18.6 Å². The fourth-order valence-corrected chi connectivity index (χ4v) is 5.04. The van der Waals surface area contributed by atoms with Crippen LogP contribution in [0.15, 0.2) is 17.5 Å². The Hall–Kier alpha value is -1.65. The number of ether oxygens (including phenoxy) is 1. The van der Waals surface area contributed by atoms with E-state index in [-0.39, 0.29) is 11.8 Å². The standard InChI is InChI=1S/C19H28N2O2S.C2HF3O2/c22-19(20-8-6-17-5-2-10-24-17)15-11-14-12-21(16-3-1-4-16)9-7-18(14)23-13-15;3-2(4,5)1(6)7/h2,5,10,14-16,18H,1,3-4,6-9,11-13H2,(H,20,22);(H,6,7)/t14-,15-,18+;/m1./s1. The van der Waals surface area contributed by atoms with E-state index in [4.69, 9.17) is 14.6 Å². The number of carbonyl (C=O) groups excluding carboxylic acids is 1. The summed E-state index contributed by atoms with van der Waals surface area (Å²) in [4.78, 5) is 25.4. The Balaban J connectivity index is 0.000000339. The SMILES string of the molecule is O=C(NCCc1cccs1)[C@H]1CO[C@H]2CCN(C3CCC3)C[C@H]2C1.O=C(O)C(F)(F)F. The van der Waals surface area contributed by atoms with Gasteiger partial charge in [0.25, 0.3) is 0 Å².